The summed E-state index contributed by atoms with van der Waals surface area (Å²) in [7, 11) is 2.85. The van der Waals surface area contributed by atoms with E-state index < -0.39 is 0 Å². The zero-order chi connectivity index (χ0) is 31.2. The molecule has 5 nitrogen and oxygen atoms in total. The van der Waals surface area contributed by atoms with E-state index >= 15 is 0 Å². The van der Waals surface area contributed by atoms with Crippen LogP contribution in [0, 0.1) is 23.7 Å². The summed E-state index contributed by atoms with van der Waals surface area (Å²) in [6.07, 6.45) is 26.7. The molecule has 0 N–H and O–H groups in total. The number of hydrogen-bond acceptors (Lipinski definition) is 5. The third kappa shape index (κ3) is 40.6. The number of carbonyl (C=O) groups is 2. The summed E-state index contributed by atoms with van der Waals surface area (Å²) >= 11 is 3.44. The fourth-order valence-corrected chi connectivity index (χ4v) is 4.47. The van der Waals surface area contributed by atoms with Gasteiger partial charge in [0.05, 0.1) is 14.2 Å². The molecule has 0 saturated heterocycles. The van der Waals surface area contributed by atoms with Gasteiger partial charge in [0.1, 0.15) is 0 Å². The maximum absolute atomic E-state index is 10.9. The van der Waals surface area contributed by atoms with E-state index in [0.717, 1.165) is 57.1 Å². The van der Waals surface area contributed by atoms with Crippen LogP contribution in [0.5, 0.6) is 0 Å². The van der Waals surface area contributed by atoms with E-state index in [1.165, 1.54) is 117 Å². The van der Waals surface area contributed by atoms with Crippen LogP contribution in [0.1, 0.15) is 161 Å². The van der Waals surface area contributed by atoms with Gasteiger partial charge < -0.3 is 14.2 Å². The van der Waals surface area contributed by atoms with Crippen LogP contribution in [-0.2, 0) is 23.8 Å². The van der Waals surface area contributed by atoms with Gasteiger partial charge in [-0.2, -0.15) is 0 Å². The standard InChI is InChI=1S/C21H38O3.C15H25BrO2/c1-3-4-5-16-19-24-20-17-14-12-10-8-6-7-9-11-13-15-18-21(22)23-2;1-18-15(17)13-11-9-7-5-3-2-4-6-8-10-12-14-16/h3-8,10,12-20H2,1-2H3;2-4,6,8-14H2,1H3. The van der Waals surface area contributed by atoms with E-state index in [4.69, 9.17) is 4.74 Å². The summed E-state index contributed by atoms with van der Waals surface area (Å²) in [6, 6.07) is 0. The molecule has 0 fully saturated rings. The largest absolute Gasteiger partial charge is 0.469 e. The molecule has 0 aliphatic rings. The van der Waals surface area contributed by atoms with Crippen LogP contribution in [0.15, 0.2) is 0 Å². The van der Waals surface area contributed by atoms with Crippen LogP contribution in [0.2, 0.25) is 0 Å². The van der Waals surface area contributed by atoms with E-state index in [9.17, 15) is 9.59 Å². The minimum atomic E-state index is -0.140. The normalized spacial score (nSPS) is 10.0. The van der Waals surface area contributed by atoms with Crippen molar-refractivity contribution in [2.75, 3.05) is 32.8 Å². The number of hydrogen-bond donors (Lipinski definition) is 0. The SMILES string of the molecule is CCCCCCOCCCCCCCCC#CCCCC(=O)OC.COC(=O)CCCC#CCCCCCCCCBr. The summed E-state index contributed by atoms with van der Waals surface area (Å²) in [5, 5.41) is 1.13. The fourth-order valence-electron chi connectivity index (χ4n) is 4.07. The summed E-state index contributed by atoms with van der Waals surface area (Å²) in [4.78, 5) is 21.7. The first-order valence-electron chi connectivity index (χ1n) is 16.8. The smallest absolute Gasteiger partial charge is 0.305 e. The number of unbranched alkanes of at least 4 members (excludes halogenated alkanes) is 17. The van der Waals surface area contributed by atoms with Gasteiger partial charge >= 0.3 is 11.9 Å². The topological polar surface area (TPSA) is 61.8 Å². The van der Waals surface area contributed by atoms with Crippen molar-refractivity contribution in [1.29, 1.82) is 0 Å². The minimum absolute atomic E-state index is 0.139. The highest BCUT2D eigenvalue weighted by atomic mass is 79.9. The van der Waals surface area contributed by atoms with E-state index in [-0.39, 0.29) is 11.9 Å². The number of carbonyl (C=O) groups excluding carboxylic acids is 2. The Morgan fingerprint density at radius 3 is 1.26 bits per heavy atom. The highest BCUT2D eigenvalue weighted by Gasteiger charge is 1.98. The zero-order valence-corrected chi connectivity index (χ0v) is 29.1. The second-order valence-corrected chi connectivity index (χ2v) is 11.5. The first kappa shape index (κ1) is 42.6. The third-order valence-corrected chi connectivity index (χ3v) is 7.30. The van der Waals surface area contributed by atoms with Crippen molar-refractivity contribution >= 4 is 27.9 Å². The Balaban J connectivity index is 0. The highest BCUT2D eigenvalue weighted by Crippen LogP contribution is 2.09. The van der Waals surface area contributed by atoms with Gasteiger partial charge in [0.2, 0.25) is 0 Å². The summed E-state index contributed by atoms with van der Waals surface area (Å²) in [5.74, 6) is 12.3. The van der Waals surface area contributed by atoms with Gasteiger partial charge in [0, 0.05) is 57.1 Å². The lowest BCUT2D eigenvalue weighted by molar-refractivity contribution is -0.141. The van der Waals surface area contributed by atoms with Gasteiger partial charge in [-0.25, -0.2) is 0 Å². The average Bonchev–Trinajstić information content (AvgIpc) is 3.01. The van der Waals surface area contributed by atoms with Gasteiger partial charge in [-0.1, -0.05) is 93.5 Å². The van der Waals surface area contributed by atoms with Crippen molar-refractivity contribution in [3.05, 3.63) is 0 Å². The number of alkyl halides is 1. The minimum Gasteiger partial charge on any atom is -0.469 e. The van der Waals surface area contributed by atoms with Crippen LogP contribution in [0.25, 0.3) is 0 Å². The second-order valence-electron chi connectivity index (χ2n) is 10.7. The summed E-state index contributed by atoms with van der Waals surface area (Å²) in [6.45, 7) is 4.11. The molecular formula is C36H63BrO5. The molecule has 0 aromatic rings. The number of methoxy groups -OCH3 is 2. The quantitative estimate of drug-likeness (QED) is 0.0402. The lowest BCUT2D eigenvalue weighted by atomic mass is 10.1. The monoisotopic (exact) mass is 654 g/mol. The number of rotatable bonds is 26. The number of esters is 2. The maximum Gasteiger partial charge on any atom is 0.305 e. The Morgan fingerprint density at radius 1 is 0.500 bits per heavy atom. The fraction of sp³-hybridized carbons (Fsp3) is 0.833. The molecule has 0 aromatic carbocycles. The third-order valence-electron chi connectivity index (χ3n) is 6.74. The first-order valence-corrected chi connectivity index (χ1v) is 17.9. The molecule has 0 aliphatic heterocycles. The summed E-state index contributed by atoms with van der Waals surface area (Å²) in [5.41, 5.74) is 0. The van der Waals surface area contributed by atoms with E-state index in [1.807, 2.05) is 0 Å². The lowest BCUT2D eigenvalue weighted by Crippen LogP contribution is -1.98. The van der Waals surface area contributed by atoms with Crippen LogP contribution in [-0.4, -0.2) is 44.7 Å². The molecule has 0 amide bonds. The molecule has 0 saturated carbocycles. The summed E-state index contributed by atoms with van der Waals surface area (Å²) < 4.78 is 14.8. The van der Waals surface area contributed by atoms with Gasteiger partial charge in [-0.05, 0) is 44.9 Å². The molecule has 0 radical (unpaired) electrons. The second kappa shape index (κ2) is 39.5. The van der Waals surface area contributed by atoms with Crippen molar-refractivity contribution < 1.29 is 23.8 Å². The highest BCUT2D eigenvalue weighted by molar-refractivity contribution is 9.09. The molecule has 0 bridgehead atoms. The molecular weight excluding hydrogens is 592 g/mol. The average molecular weight is 656 g/mol. The van der Waals surface area contributed by atoms with Gasteiger partial charge in [0.25, 0.3) is 0 Å². The molecule has 244 valence electrons. The van der Waals surface area contributed by atoms with E-state index in [2.05, 4.69) is 56.0 Å². The van der Waals surface area contributed by atoms with Crippen LogP contribution in [0.3, 0.4) is 0 Å². The van der Waals surface area contributed by atoms with Crippen molar-refractivity contribution in [3.63, 3.8) is 0 Å². The molecule has 0 aromatic heterocycles. The van der Waals surface area contributed by atoms with Gasteiger partial charge in [0.15, 0.2) is 0 Å². The molecule has 0 heterocycles. The van der Waals surface area contributed by atoms with Crippen LogP contribution in [0.4, 0.5) is 0 Å². The van der Waals surface area contributed by atoms with Crippen molar-refractivity contribution in [1.82, 2.24) is 0 Å². The van der Waals surface area contributed by atoms with Gasteiger partial charge in [-0.15, -0.1) is 23.7 Å². The Morgan fingerprint density at radius 2 is 0.857 bits per heavy atom. The molecule has 42 heavy (non-hydrogen) atoms. The van der Waals surface area contributed by atoms with E-state index in [0.29, 0.717) is 12.8 Å². The Kier molecular flexibility index (Phi) is 40.1. The van der Waals surface area contributed by atoms with Crippen molar-refractivity contribution in [2.45, 2.75) is 161 Å². The number of halogens is 1. The van der Waals surface area contributed by atoms with Gasteiger partial charge in [-0.3, -0.25) is 9.59 Å². The molecule has 0 rings (SSSR count). The molecule has 0 aliphatic carbocycles. The van der Waals surface area contributed by atoms with Crippen molar-refractivity contribution in [2.24, 2.45) is 0 Å². The number of ether oxygens (including phenoxy) is 3. The predicted molar refractivity (Wildman–Crippen MR) is 181 cm³/mol. The Bertz CT molecular complexity index is 701. The molecule has 0 unspecified atom stereocenters. The Hall–Kier alpha value is -1.50. The molecule has 0 spiro atoms. The maximum atomic E-state index is 10.9. The van der Waals surface area contributed by atoms with Crippen LogP contribution < -0.4 is 0 Å². The first-order chi connectivity index (χ1) is 20.6. The lowest BCUT2D eigenvalue weighted by Gasteiger charge is -2.04. The molecule has 6 heteroatoms. The van der Waals surface area contributed by atoms with E-state index in [1.54, 1.807) is 0 Å². The van der Waals surface area contributed by atoms with Crippen molar-refractivity contribution in [3.8, 4) is 23.7 Å². The molecule has 0 atom stereocenters. The Labute approximate surface area is 268 Å². The zero-order valence-electron chi connectivity index (χ0n) is 27.5. The van der Waals surface area contributed by atoms with Crippen LogP contribution >= 0.6 is 15.9 Å². The predicted octanol–water partition coefficient (Wildman–Crippen LogP) is 10.1.